The van der Waals surface area contributed by atoms with Crippen molar-refractivity contribution in [2.45, 2.75) is 64.8 Å². The van der Waals surface area contributed by atoms with E-state index in [0.29, 0.717) is 29.8 Å². The quantitative estimate of drug-likeness (QED) is 0.382. The molecule has 7 nitrogen and oxygen atoms in total. The Labute approximate surface area is 207 Å². The lowest BCUT2D eigenvalue weighted by molar-refractivity contribution is -0.145. The molecular weight excluding hydrogens is 452 g/mol. The molecule has 184 valence electrons. The highest BCUT2D eigenvalue weighted by Gasteiger charge is 2.34. The summed E-state index contributed by atoms with van der Waals surface area (Å²) in [6.07, 6.45) is 7.94. The van der Waals surface area contributed by atoms with Gasteiger partial charge in [0.1, 0.15) is 12.6 Å². The molecule has 0 radical (unpaired) electrons. The number of aromatic nitrogens is 2. The molecule has 0 spiro atoms. The minimum absolute atomic E-state index is 0.0267. The summed E-state index contributed by atoms with van der Waals surface area (Å²) in [7, 11) is 0. The molecular formula is C26H35ClN4O3. The SMILES string of the molecule is C=CCN(CC(=O)N1CCCC[C@@H]1c1nc(-c2cccc(Cl)c2)no1)C(=O)[C@@H](CC)CCCC. The van der Waals surface area contributed by atoms with E-state index in [0.717, 1.165) is 50.5 Å². The summed E-state index contributed by atoms with van der Waals surface area (Å²) in [5, 5.41) is 4.71. The molecule has 1 aliphatic heterocycles. The highest BCUT2D eigenvalue weighted by atomic mass is 35.5. The fraction of sp³-hybridized carbons (Fsp3) is 0.538. The first-order valence-electron chi connectivity index (χ1n) is 12.3. The third kappa shape index (κ3) is 6.47. The number of benzene rings is 1. The normalized spacial score (nSPS) is 16.8. The molecule has 0 N–H and O–H groups in total. The zero-order valence-corrected chi connectivity index (χ0v) is 21.0. The molecule has 0 unspecified atom stereocenters. The Morgan fingerprint density at radius 3 is 2.88 bits per heavy atom. The van der Waals surface area contributed by atoms with Crippen molar-refractivity contribution in [3.8, 4) is 11.4 Å². The number of rotatable bonds is 11. The topological polar surface area (TPSA) is 79.5 Å². The minimum Gasteiger partial charge on any atom is -0.337 e. The summed E-state index contributed by atoms with van der Waals surface area (Å²) in [5.74, 6) is 0.715. The van der Waals surface area contributed by atoms with Gasteiger partial charge in [0.25, 0.3) is 0 Å². The number of piperidine rings is 1. The number of likely N-dealkylation sites (tertiary alicyclic amines) is 1. The molecule has 0 saturated carbocycles. The molecule has 2 amide bonds. The van der Waals surface area contributed by atoms with Gasteiger partial charge in [-0.05, 0) is 44.2 Å². The van der Waals surface area contributed by atoms with E-state index >= 15 is 0 Å². The second-order valence-electron chi connectivity index (χ2n) is 8.82. The van der Waals surface area contributed by atoms with Gasteiger partial charge in [-0.2, -0.15) is 4.98 Å². The molecule has 8 heteroatoms. The molecule has 2 heterocycles. The van der Waals surface area contributed by atoms with E-state index in [9.17, 15) is 9.59 Å². The number of hydrogen-bond acceptors (Lipinski definition) is 5. The maximum absolute atomic E-state index is 13.4. The van der Waals surface area contributed by atoms with Crippen LogP contribution >= 0.6 is 11.6 Å². The van der Waals surface area contributed by atoms with Crippen LogP contribution in [0.2, 0.25) is 5.02 Å². The van der Waals surface area contributed by atoms with Crippen LogP contribution in [0.3, 0.4) is 0 Å². The molecule has 1 aliphatic rings. The van der Waals surface area contributed by atoms with Crippen LogP contribution in [0.4, 0.5) is 0 Å². The number of nitrogens with zero attached hydrogens (tertiary/aromatic N) is 4. The van der Waals surface area contributed by atoms with E-state index in [2.05, 4.69) is 23.6 Å². The molecule has 1 aromatic heterocycles. The van der Waals surface area contributed by atoms with Crippen LogP contribution < -0.4 is 0 Å². The Morgan fingerprint density at radius 2 is 2.18 bits per heavy atom. The lowest BCUT2D eigenvalue weighted by Gasteiger charge is -2.35. The number of amides is 2. The zero-order chi connectivity index (χ0) is 24.5. The maximum Gasteiger partial charge on any atom is 0.249 e. The average Bonchev–Trinajstić information content (AvgIpc) is 3.34. The fourth-order valence-electron chi connectivity index (χ4n) is 4.46. The molecule has 1 fully saturated rings. The van der Waals surface area contributed by atoms with E-state index in [1.54, 1.807) is 28.0 Å². The second kappa shape index (κ2) is 12.7. The van der Waals surface area contributed by atoms with Crippen LogP contribution in [0.25, 0.3) is 11.4 Å². The van der Waals surface area contributed by atoms with E-state index < -0.39 is 0 Å². The molecule has 34 heavy (non-hydrogen) atoms. The lowest BCUT2D eigenvalue weighted by atomic mass is 9.97. The Morgan fingerprint density at radius 1 is 1.35 bits per heavy atom. The van der Waals surface area contributed by atoms with Gasteiger partial charge in [-0.3, -0.25) is 9.59 Å². The largest absolute Gasteiger partial charge is 0.337 e. The van der Waals surface area contributed by atoms with Gasteiger partial charge in [-0.1, -0.05) is 61.7 Å². The van der Waals surface area contributed by atoms with Gasteiger partial charge < -0.3 is 14.3 Å². The molecule has 2 atom stereocenters. The first kappa shape index (κ1) is 25.9. The third-order valence-corrected chi connectivity index (χ3v) is 6.60. The summed E-state index contributed by atoms with van der Waals surface area (Å²) in [6.45, 7) is 8.91. The highest BCUT2D eigenvalue weighted by molar-refractivity contribution is 6.30. The number of halogens is 1. The Hall–Kier alpha value is -2.67. The predicted octanol–water partition coefficient (Wildman–Crippen LogP) is 5.67. The van der Waals surface area contributed by atoms with E-state index in [1.165, 1.54) is 0 Å². The average molecular weight is 487 g/mol. The molecule has 3 rings (SSSR count). The smallest absolute Gasteiger partial charge is 0.249 e. The highest BCUT2D eigenvalue weighted by Crippen LogP contribution is 2.32. The first-order chi connectivity index (χ1) is 16.5. The van der Waals surface area contributed by atoms with Crippen molar-refractivity contribution in [1.29, 1.82) is 0 Å². The third-order valence-electron chi connectivity index (χ3n) is 6.37. The summed E-state index contributed by atoms with van der Waals surface area (Å²) < 4.78 is 5.58. The van der Waals surface area contributed by atoms with Gasteiger partial charge in [-0.15, -0.1) is 6.58 Å². The summed E-state index contributed by atoms with van der Waals surface area (Å²) >= 11 is 6.10. The van der Waals surface area contributed by atoms with Crippen molar-refractivity contribution >= 4 is 23.4 Å². The van der Waals surface area contributed by atoms with Gasteiger partial charge >= 0.3 is 0 Å². The van der Waals surface area contributed by atoms with Crippen LogP contribution in [0.5, 0.6) is 0 Å². The Kier molecular flexibility index (Phi) is 9.69. The molecule has 0 aliphatic carbocycles. The van der Waals surface area contributed by atoms with Crippen LogP contribution in [0, 0.1) is 5.92 Å². The van der Waals surface area contributed by atoms with E-state index in [1.807, 2.05) is 19.1 Å². The van der Waals surface area contributed by atoms with Crippen LogP contribution in [0.1, 0.15) is 70.7 Å². The van der Waals surface area contributed by atoms with Crippen molar-refractivity contribution in [2.24, 2.45) is 5.92 Å². The van der Waals surface area contributed by atoms with Crippen molar-refractivity contribution in [3.05, 3.63) is 47.8 Å². The van der Waals surface area contributed by atoms with Gasteiger partial charge in [0.2, 0.25) is 23.5 Å². The zero-order valence-electron chi connectivity index (χ0n) is 20.2. The van der Waals surface area contributed by atoms with Gasteiger partial charge in [-0.25, -0.2) is 0 Å². The fourth-order valence-corrected chi connectivity index (χ4v) is 4.65. The van der Waals surface area contributed by atoms with Gasteiger partial charge in [0.05, 0.1) is 0 Å². The lowest BCUT2D eigenvalue weighted by Crippen LogP contribution is -2.47. The number of hydrogen-bond donors (Lipinski definition) is 0. The van der Waals surface area contributed by atoms with Gasteiger partial charge in [0.15, 0.2) is 0 Å². The minimum atomic E-state index is -0.301. The molecule has 1 aromatic carbocycles. The maximum atomic E-state index is 13.4. The summed E-state index contributed by atoms with van der Waals surface area (Å²) in [5.41, 5.74) is 0.761. The Bertz CT molecular complexity index is 976. The van der Waals surface area contributed by atoms with Gasteiger partial charge in [0, 0.05) is 29.6 Å². The number of carbonyl (C=O) groups excluding carboxylic acids is 2. The van der Waals surface area contributed by atoms with Crippen molar-refractivity contribution in [3.63, 3.8) is 0 Å². The van der Waals surface area contributed by atoms with E-state index in [4.69, 9.17) is 16.1 Å². The molecule has 0 bridgehead atoms. The second-order valence-corrected chi connectivity index (χ2v) is 9.26. The standard InChI is InChI=1S/C26H35ClN4O3/c1-4-7-11-19(6-3)26(33)30(15-5-2)18-23(32)31-16-9-8-14-22(31)25-28-24(29-34-25)20-12-10-13-21(27)17-20/h5,10,12-13,17,19,22H,2,4,6-9,11,14-16,18H2,1,3H3/t19-,22+/m0/s1. The molecule has 1 saturated heterocycles. The van der Waals surface area contributed by atoms with Crippen LogP contribution in [-0.4, -0.2) is 51.4 Å². The first-order valence-corrected chi connectivity index (χ1v) is 12.6. The number of carbonyl (C=O) groups is 2. The number of unbranched alkanes of at least 4 members (excludes halogenated alkanes) is 1. The Balaban J connectivity index is 1.75. The molecule has 2 aromatic rings. The van der Waals surface area contributed by atoms with E-state index in [-0.39, 0.29) is 30.3 Å². The van der Waals surface area contributed by atoms with Crippen LogP contribution in [0.15, 0.2) is 41.4 Å². The van der Waals surface area contributed by atoms with Crippen LogP contribution in [-0.2, 0) is 9.59 Å². The predicted molar refractivity (Wildman–Crippen MR) is 133 cm³/mol. The monoisotopic (exact) mass is 486 g/mol. The van der Waals surface area contributed by atoms with Crippen molar-refractivity contribution in [2.75, 3.05) is 19.6 Å². The summed E-state index contributed by atoms with van der Waals surface area (Å²) in [4.78, 5) is 34.6. The van der Waals surface area contributed by atoms with Crippen molar-refractivity contribution in [1.82, 2.24) is 19.9 Å². The summed E-state index contributed by atoms with van der Waals surface area (Å²) in [6, 6.07) is 6.96. The van der Waals surface area contributed by atoms with Crippen molar-refractivity contribution < 1.29 is 14.1 Å².